The van der Waals surface area contributed by atoms with Gasteiger partial charge in [-0.1, -0.05) is 35.9 Å². The fourth-order valence-corrected chi connectivity index (χ4v) is 1.89. The Hall–Kier alpha value is -2.07. The average Bonchev–Trinajstić information content (AvgIpc) is 2.40. The van der Waals surface area contributed by atoms with Gasteiger partial charge in [0.1, 0.15) is 0 Å². The van der Waals surface area contributed by atoms with Gasteiger partial charge in [-0.05, 0) is 23.8 Å². The van der Waals surface area contributed by atoms with E-state index in [1.807, 2.05) is 0 Å². The van der Waals surface area contributed by atoms with E-state index >= 15 is 0 Å². The average molecular weight is 280 g/mol. The molecule has 19 heavy (non-hydrogen) atoms. The minimum Gasteiger partial charge on any atom is -0.478 e. The van der Waals surface area contributed by atoms with Gasteiger partial charge in [0.2, 0.25) is 0 Å². The van der Waals surface area contributed by atoms with Crippen molar-refractivity contribution in [2.75, 3.05) is 5.32 Å². The third-order valence-corrected chi connectivity index (χ3v) is 2.96. The van der Waals surface area contributed by atoms with Crippen LogP contribution < -0.4 is 5.32 Å². The van der Waals surface area contributed by atoms with Crippen LogP contribution in [0.4, 0.5) is 10.1 Å². The first-order valence-corrected chi connectivity index (χ1v) is 5.96. The summed E-state index contributed by atoms with van der Waals surface area (Å²) in [7, 11) is 0. The molecule has 0 aromatic heterocycles. The predicted molar refractivity (Wildman–Crippen MR) is 72.1 cm³/mol. The van der Waals surface area contributed by atoms with Gasteiger partial charge in [-0.25, -0.2) is 9.18 Å². The molecular formula is C14H11ClFNO2. The Kier molecular flexibility index (Phi) is 4.02. The zero-order valence-electron chi connectivity index (χ0n) is 9.86. The summed E-state index contributed by atoms with van der Waals surface area (Å²) in [4.78, 5) is 11.0. The van der Waals surface area contributed by atoms with Gasteiger partial charge < -0.3 is 10.4 Å². The number of carboxylic acids is 1. The fraction of sp³-hybridized carbons (Fsp3) is 0.0714. The molecule has 0 saturated heterocycles. The molecule has 3 nitrogen and oxygen atoms in total. The molecule has 2 N–H and O–H groups in total. The van der Waals surface area contributed by atoms with Gasteiger partial charge in [0.25, 0.3) is 0 Å². The van der Waals surface area contributed by atoms with Crippen molar-refractivity contribution >= 4 is 23.3 Å². The van der Waals surface area contributed by atoms with Crippen molar-refractivity contribution in [3.8, 4) is 0 Å². The van der Waals surface area contributed by atoms with E-state index in [2.05, 4.69) is 5.32 Å². The molecule has 0 unspecified atom stereocenters. The maximum Gasteiger partial charge on any atom is 0.336 e. The van der Waals surface area contributed by atoms with E-state index in [4.69, 9.17) is 16.7 Å². The summed E-state index contributed by atoms with van der Waals surface area (Å²) in [5, 5.41) is 11.9. The van der Waals surface area contributed by atoms with Gasteiger partial charge in [-0.3, -0.25) is 0 Å². The molecule has 2 aromatic rings. The first-order chi connectivity index (χ1) is 9.09. The monoisotopic (exact) mass is 279 g/mol. The molecule has 0 aliphatic rings. The number of carboxylic acid groups (broad SMARTS) is 1. The smallest absolute Gasteiger partial charge is 0.336 e. The Bertz CT molecular complexity index is 616. The zero-order chi connectivity index (χ0) is 13.8. The van der Waals surface area contributed by atoms with E-state index in [0.717, 1.165) is 0 Å². The van der Waals surface area contributed by atoms with Crippen molar-refractivity contribution in [1.29, 1.82) is 0 Å². The zero-order valence-corrected chi connectivity index (χ0v) is 10.6. The molecule has 5 heteroatoms. The third-order valence-electron chi connectivity index (χ3n) is 2.67. The van der Waals surface area contributed by atoms with E-state index in [1.54, 1.807) is 30.3 Å². The maximum atomic E-state index is 13.7. The summed E-state index contributed by atoms with van der Waals surface area (Å²) in [6.07, 6.45) is 0. The van der Waals surface area contributed by atoms with Crippen LogP contribution in [0.5, 0.6) is 0 Å². The lowest BCUT2D eigenvalue weighted by atomic mass is 10.1. The Morgan fingerprint density at radius 3 is 2.68 bits per heavy atom. The number of hydrogen-bond acceptors (Lipinski definition) is 2. The highest BCUT2D eigenvalue weighted by Gasteiger charge is 2.10. The molecule has 0 atom stereocenters. The van der Waals surface area contributed by atoms with Crippen molar-refractivity contribution in [2.45, 2.75) is 6.54 Å². The molecular weight excluding hydrogens is 269 g/mol. The molecule has 2 rings (SSSR count). The lowest BCUT2D eigenvalue weighted by molar-refractivity contribution is 0.0696. The number of carbonyl (C=O) groups is 1. The minimum absolute atomic E-state index is 0.0246. The third kappa shape index (κ3) is 3.03. The largest absolute Gasteiger partial charge is 0.478 e. The molecule has 0 saturated carbocycles. The Morgan fingerprint density at radius 1 is 1.21 bits per heavy atom. The first-order valence-electron chi connectivity index (χ1n) is 5.58. The summed E-state index contributed by atoms with van der Waals surface area (Å²) in [5.74, 6) is -1.55. The van der Waals surface area contributed by atoms with Crippen molar-refractivity contribution in [3.05, 3.63) is 64.4 Å². The van der Waals surface area contributed by atoms with Gasteiger partial charge in [0.15, 0.2) is 5.82 Å². The summed E-state index contributed by atoms with van der Waals surface area (Å²) in [6.45, 7) is 0.208. The van der Waals surface area contributed by atoms with Crippen LogP contribution in [-0.4, -0.2) is 11.1 Å². The van der Waals surface area contributed by atoms with Crippen LogP contribution in [0.25, 0.3) is 0 Å². The van der Waals surface area contributed by atoms with E-state index in [0.29, 0.717) is 5.56 Å². The summed E-state index contributed by atoms with van der Waals surface area (Å²) < 4.78 is 13.7. The van der Waals surface area contributed by atoms with Crippen LogP contribution in [0.1, 0.15) is 15.9 Å². The van der Waals surface area contributed by atoms with Gasteiger partial charge in [-0.2, -0.15) is 0 Å². The van der Waals surface area contributed by atoms with Crippen LogP contribution in [0.3, 0.4) is 0 Å². The van der Waals surface area contributed by atoms with Gasteiger partial charge in [0, 0.05) is 6.54 Å². The van der Waals surface area contributed by atoms with E-state index in [-0.39, 0.29) is 22.8 Å². The molecule has 0 aliphatic heterocycles. The molecule has 0 spiro atoms. The van der Waals surface area contributed by atoms with Crippen molar-refractivity contribution < 1.29 is 14.3 Å². The maximum absolute atomic E-state index is 13.7. The van der Waals surface area contributed by atoms with Gasteiger partial charge >= 0.3 is 5.97 Å². The van der Waals surface area contributed by atoms with Gasteiger partial charge in [0.05, 0.1) is 16.3 Å². The molecule has 0 aliphatic carbocycles. The number of anilines is 1. The lowest BCUT2D eigenvalue weighted by Crippen LogP contribution is -2.07. The summed E-state index contributed by atoms with van der Waals surface area (Å²) in [5.41, 5.74) is 1.01. The number of nitrogens with one attached hydrogen (secondary N) is 1. The van der Waals surface area contributed by atoms with Crippen molar-refractivity contribution in [1.82, 2.24) is 0 Å². The quantitative estimate of drug-likeness (QED) is 0.895. The highest BCUT2D eigenvalue weighted by molar-refractivity contribution is 6.31. The molecule has 0 radical (unpaired) electrons. The fourth-order valence-electron chi connectivity index (χ4n) is 1.71. The van der Waals surface area contributed by atoms with E-state index in [1.165, 1.54) is 12.1 Å². The van der Waals surface area contributed by atoms with Crippen LogP contribution in [-0.2, 0) is 6.54 Å². The van der Waals surface area contributed by atoms with Crippen molar-refractivity contribution in [3.63, 3.8) is 0 Å². The highest BCUT2D eigenvalue weighted by atomic mass is 35.5. The number of aromatic carboxylic acids is 1. The Labute approximate surface area is 114 Å². The number of benzene rings is 2. The summed E-state index contributed by atoms with van der Waals surface area (Å²) in [6, 6.07) is 11.2. The minimum atomic E-state index is -1.01. The molecule has 0 fully saturated rings. The molecule has 0 bridgehead atoms. The van der Waals surface area contributed by atoms with Crippen LogP contribution in [0, 0.1) is 5.82 Å². The Morgan fingerprint density at radius 2 is 1.95 bits per heavy atom. The summed E-state index contributed by atoms with van der Waals surface area (Å²) >= 11 is 5.67. The van der Waals surface area contributed by atoms with Crippen LogP contribution in [0.15, 0.2) is 42.5 Å². The second kappa shape index (κ2) is 5.71. The van der Waals surface area contributed by atoms with E-state index < -0.39 is 11.8 Å². The van der Waals surface area contributed by atoms with Crippen molar-refractivity contribution in [2.24, 2.45) is 0 Å². The second-order valence-electron chi connectivity index (χ2n) is 3.92. The predicted octanol–water partition coefficient (Wildman–Crippen LogP) is 3.79. The number of rotatable bonds is 4. The van der Waals surface area contributed by atoms with Crippen LogP contribution >= 0.6 is 11.6 Å². The van der Waals surface area contributed by atoms with Gasteiger partial charge in [-0.15, -0.1) is 0 Å². The topological polar surface area (TPSA) is 49.3 Å². The molecule has 0 heterocycles. The Balaban J connectivity index is 2.19. The number of hydrogen-bond donors (Lipinski definition) is 2. The van der Waals surface area contributed by atoms with Crippen LogP contribution in [0.2, 0.25) is 5.02 Å². The highest BCUT2D eigenvalue weighted by Crippen LogP contribution is 2.22. The first kappa shape index (κ1) is 13.4. The molecule has 98 valence electrons. The standard InChI is InChI=1S/C14H11ClFNO2/c15-11-6-3-7-12(13(11)16)17-8-9-4-1-2-5-10(9)14(18)19/h1-7,17H,8H2,(H,18,19). The normalized spacial score (nSPS) is 10.2. The lowest BCUT2D eigenvalue weighted by Gasteiger charge is -2.10. The second-order valence-corrected chi connectivity index (χ2v) is 4.32. The van der Waals surface area contributed by atoms with E-state index in [9.17, 15) is 9.18 Å². The molecule has 2 aromatic carbocycles. The SMILES string of the molecule is O=C(O)c1ccccc1CNc1cccc(Cl)c1F. The number of halogens is 2. The molecule has 0 amide bonds.